The maximum Gasteiger partial charge on any atom is 0.246 e. The van der Waals surface area contributed by atoms with Gasteiger partial charge in [0.05, 0.1) is 40.9 Å². The molecule has 0 bridgehead atoms. The van der Waals surface area contributed by atoms with Crippen molar-refractivity contribution in [2.24, 2.45) is 10.4 Å². The minimum atomic E-state index is -0.879. The summed E-state index contributed by atoms with van der Waals surface area (Å²) in [5, 5.41) is 29.9. The predicted octanol–water partition coefficient (Wildman–Crippen LogP) is 9.17. The Kier molecular flexibility index (Phi) is 17.5. The number of halogens is 1. The number of fused-ring (bicyclic) bond motifs is 3. The third kappa shape index (κ3) is 13.0. The van der Waals surface area contributed by atoms with E-state index < -0.39 is 29.4 Å². The van der Waals surface area contributed by atoms with Gasteiger partial charge in [0, 0.05) is 52.5 Å². The molecule has 4 amide bonds. The number of hydrogen-bond donors (Lipinski definition) is 4. The van der Waals surface area contributed by atoms with E-state index in [1.807, 2.05) is 100 Å². The van der Waals surface area contributed by atoms with Gasteiger partial charge < -0.3 is 40.2 Å². The van der Waals surface area contributed by atoms with Gasteiger partial charge in [0.1, 0.15) is 42.2 Å². The number of anilines is 1. The molecule has 0 saturated carbocycles. The van der Waals surface area contributed by atoms with E-state index in [0.29, 0.717) is 54.8 Å². The number of aliphatic imine (C=N–C) groups is 1. The molecule has 0 radical (unpaired) electrons. The van der Waals surface area contributed by atoms with Crippen LogP contribution in [0.3, 0.4) is 0 Å². The summed E-state index contributed by atoms with van der Waals surface area (Å²) in [6.07, 6.45) is 1.65. The Morgan fingerprint density at radius 3 is 2.35 bits per heavy atom. The predicted molar refractivity (Wildman–Crippen MR) is 291 cm³/mol. The first kappa shape index (κ1) is 54.7. The van der Waals surface area contributed by atoms with Gasteiger partial charge >= 0.3 is 0 Å². The lowest BCUT2D eigenvalue weighted by Crippen LogP contribution is -2.58. The highest BCUT2D eigenvalue weighted by molar-refractivity contribution is 7.15. The van der Waals surface area contributed by atoms with Crippen molar-refractivity contribution in [2.45, 2.75) is 105 Å². The number of aromatic hydroxyl groups is 1. The number of phenolic OH excluding ortho intramolecular Hbond substituents is 1. The van der Waals surface area contributed by atoms with Crippen LogP contribution in [-0.2, 0) is 28.7 Å². The smallest absolute Gasteiger partial charge is 0.246 e. The number of hydrogen-bond acceptors (Lipinski definition) is 14. The van der Waals surface area contributed by atoms with Crippen molar-refractivity contribution in [3.05, 3.63) is 122 Å². The van der Waals surface area contributed by atoms with Gasteiger partial charge in [0.15, 0.2) is 17.3 Å². The third-order valence-corrected chi connectivity index (χ3v) is 15.7. The molecule has 0 aliphatic carbocycles. The van der Waals surface area contributed by atoms with Crippen LogP contribution in [0.2, 0.25) is 5.02 Å². The minimum Gasteiger partial charge on any atom is -0.504 e. The molecule has 20 heteroatoms. The average molecular weight is 1080 g/mol. The number of benzene rings is 3. The lowest BCUT2D eigenvalue weighted by atomic mass is 9.85. The van der Waals surface area contributed by atoms with Crippen molar-refractivity contribution < 1.29 is 38.5 Å². The lowest BCUT2D eigenvalue weighted by molar-refractivity contribution is -0.144. The quantitative estimate of drug-likeness (QED) is 0.0418. The van der Waals surface area contributed by atoms with Crippen LogP contribution < -0.4 is 20.7 Å². The fraction of sp³-hybridized carbons (Fsp3) is 0.418. The fourth-order valence-corrected chi connectivity index (χ4v) is 11.3. The van der Waals surface area contributed by atoms with Crippen LogP contribution in [-0.4, -0.2) is 111 Å². The van der Waals surface area contributed by atoms with Crippen molar-refractivity contribution >= 4 is 69.3 Å². The van der Waals surface area contributed by atoms with Gasteiger partial charge in [0.2, 0.25) is 23.6 Å². The van der Waals surface area contributed by atoms with Crippen LogP contribution in [0.25, 0.3) is 15.4 Å². The maximum absolute atomic E-state index is 14.1. The number of likely N-dealkylation sites (tertiary alicyclic amines) is 1. The van der Waals surface area contributed by atoms with Gasteiger partial charge in [-0.05, 0) is 100 Å². The van der Waals surface area contributed by atoms with Crippen molar-refractivity contribution in [1.29, 1.82) is 0 Å². The molecule has 6 aromatic rings. The molecule has 0 spiro atoms. The summed E-state index contributed by atoms with van der Waals surface area (Å²) in [5.74, 6) is 0.0113. The van der Waals surface area contributed by atoms with Crippen LogP contribution in [0.1, 0.15) is 110 Å². The molecule has 17 nitrogen and oxygen atoms in total. The summed E-state index contributed by atoms with van der Waals surface area (Å²) < 4.78 is 19.2. The molecule has 4 N–H and O–H groups in total. The molecule has 1 fully saturated rings. The van der Waals surface area contributed by atoms with E-state index in [-0.39, 0.29) is 68.1 Å². The second-order valence-corrected chi connectivity index (χ2v) is 22.4. The molecule has 8 rings (SSSR count). The van der Waals surface area contributed by atoms with Crippen molar-refractivity contribution in [1.82, 2.24) is 35.3 Å². The minimum absolute atomic E-state index is 0.0360. The third-order valence-electron chi connectivity index (χ3n) is 13.3. The monoisotopic (exact) mass is 1080 g/mol. The van der Waals surface area contributed by atoms with E-state index >= 15 is 0 Å². The maximum atomic E-state index is 14.1. The SMILES string of the molecule is Cc1ncsc1-c1ccc([C@H](C)NC(=O)[C@@H]2CCCN2C(=O)C(NC(=O)COCCCOCCOc2cc(NC(=O)C[C@@H]3N=C(c4ccc(Cl)cc4)c4c(sc(C)c4C)-n4c(C)nnc43)ccc2O)C(C)(C)C)cc1. The zero-order valence-electron chi connectivity index (χ0n) is 43.5. The molecule has 1 saturated heterocycles. The number of ether oxygens (including phenoxy) is 3. The number of carbonyl (C=O) groups excluding carboxylic acids is 4. The Balaban J connectivity index is 0.762. The topological polar surface area (TPSA) is 211 Å². The fourth-order valence-electron chi connectivity index (χ4n) is 9.18. The highest BCUT2D eigenvalue weighted by Crippen LogP contribution is 2.40. The zero-order valence-corrected chi connectivity index (χ0v) is 45.9. The van der Waals surface area contributed by atoms with E-state index in [0.717, 1.165) is 54.0 Å². The molecule has 2 aliphatic heterocycles. The number of amides is 4. The van der Waals surface area contributed by atoms with Crippen molar-refractivity contribution in [3.8, 4) is 26.9 Å². The number of phenols is 1. The van der Waals surface area contributed by atoms with Crippen LogP contribution in [0, 0.1) is 33.1 Å². The zero-order chi connectivity index (χ0) is 53.6. The average Bonchev–Trinajstić information content (AvgIpc) is 4.19. The molecule has 396 valence electrons. The number of carbonyl (C=O) groups is 4. The highest BCUT2D eigenvalue weighted by atomic mass is 35.5. The van der Waals surface area contributed by atoms with E-state index in [1.54, 1.807) is 39.7 Å². The molecule has 1 unspecified atom stereocenters. The number of thiophene rings is 1. The van der Waals surface area contributed by atoms with Crippen LogP contribution in [0.4, 0.5) is 5.69 Å². The van der Waals surface area contributed by atoms with E-state index in [1.165, 1.54) is 6.07 Å². The van der Waals surface area contributed by atoms with Gasteiger partial charge in [-0.2, -0.15) is 0 Å². The molecule has 3 aromatic heterocycles. The number of thiazole rings is 1. The molecular weight excluding hydrogens is 1010 g/mol. The Hall–Kier alpha value is -6.51. The number of aryl methyl sites for hydroxylation is 3. The van der Waals surface area contributed by atoms with Gasteiger partial charge in [-0.25, -0.2) is 4.98 Å². The largest absolute Gasteiger partial charge is 0.504 e. The van der Waals surface area contributed by atoms with E-state index in [9.17, 15) is 24.3 Å². The normalized spacial score (nSPS) is 16.1. The summed E-state index contributed by atoms with van der Waals surface area (Å²) in [4.78, 5) is 67.9. The van der Waals surface area contributed by atoms with Crippen molar-refractivity contribution in [3.63, 3.8) is 0 Å². The lowest BCUT2D eigenvalue weighted by Gasteiger charge is -2.35. The first-order valence-corrected chi connectivity index (χ1v) is 27.1. The Bertz CT molecular complexity index is 3050. The summed E-state index contributed by atoms with van der Waals surface area (Å²) in [6.45, 7) is 16.6. The number of aromatic nitrogens is 4. The molecule has 2 aliphatic rings. The number of rotatable bonds is 20. The second kappa shape index (κ2) is 24.0. The Morgan fingerprint density at radius 2 is 1.63 bits per heavy atom. The summed E-state index contributed by atoms with van der Waals surface area (Å²) in [5.41, 5.74) is 8.26. The molecule has 4 atom stereocenters. The van der Waals surface area contributed by atoms with E-state index in [4.69, 9.17) is 30.8 Å². The van der Waals surface area contributed by atoms with Gasteiger partial charge in [-0.1, -0.05) is 68.8 Å². The number of nitrogens with zero attached hydrogens (tertiary/aromatic N) is 6. The first-order chi connectivity index (χ1) is 35.9. The molecule has 75 heavy (non-hydrogen) atoms. The van der Waals surface area contributed by atoms with Crippen molar-refractivity contribution in [2.75, 3.05) is 44.9 Å². The molecular formula is C55H64ClN9O8S2. The summed E-state index contributed by atoms with van der Waals surface area (Å²) in [7, 11) is 0. The first-order valence-electron chi connectivity index (χ1n) is 25.1. The van der Waals surface area contributed by atoms with Crippen LogP contribution in [0.15, 0.2) is 77.2 Å². The van der Waals surface area contributed by atoms with E-state index in [2.05, 4.69) is 45.0 Å². The summed E-state index contributed by atoms with van der Waals surface area (Å²) in [6, 6.07) is 17.7. The Labute approximate surface area is 450 Å². The highest BCUT2D eigenvalue weighted by Gasteiger charge is 2.42. The van der Waals surface area contributed by atoms with Crippen LogP contribution >= 0.6 is 34.3 Å². The standard InChI is InChI=1S/C55H64ClN9O8S2/c1-31-34(4)75-54-47(31)48(37-16-18-39(56)19-17-37)60-41(51-63-62-35(5)65(51)54)28-45(67)59-40-20-21-43(66)44(27-40)73-26-25-71-23-10-24-72-29-46(68)61-50(55(6,7)8)53(70)64-22-9-11-42(64)52(69)58-32(2)36-12-14-38(15-13-36)49-33(3)57-30-74-49/h12-21,27,30,32,41-42,50,66H,9-11,22-26,28-29H2,1-8H3,(H,58,69)(H,59,67)(H,61,68)/t32-,41-,42-,50?/m0/s1. The molecule has 3 aromatic carbocycles. The Morgan fingerprint density at radius 1 is 0.893 bits per heavy atom. The number of nitrogens with one attached hydrogen (secondary N) is 3. The second-order valence-electron chi connectivity index (χ2n) is 19.9. The van der Waals surface area contributed by atoms with Gasteiger partial charge in [0.25, 0.3) is 0 Å². The summed E-state index contributed by atoms with van der Waals surface area (Å²) >= 11 is 9.48. The van der Waals surface area contributed by atoms with Gasteiger partial charge in [-0.15, -0.1) is 32.9 Å². The van der Waals surface area contributed by atoms with Crippen LogP contribution in [0.5, 0.6) is 11.5 Å². The van der Waals surface area contributed by atoms with Gasteiger partial charge in [-0.3, -0.25) is 28.7 Å². The molecule has 5 heterocycles.